The van der Waals surface area contributed by atoms with Crippen molar-refractivity contribution < 1.29 is 24.5 Å². The van der Waals surface area contributed by atoms with Crippen LogP contribution in [0.25, 0.3) is 11.3 Å². The van der Waals surface area contributed by atoms with Crippen LogP contribution < -0.4 is 10.5 Å². The second-order valence-electron chi connectivity index (χ2n) is 6.57. The molecule has 6 heteroatoms. The molecule has 3 aromatic rings. The summed E-state index contributed by atoms with van der Waals surface area (Å²) >= 11 is 0. The number of nitrogens with two attached hydrogens (primary N) is 1. The first kappa shape index (κ1) is 19.1. The Labute approximate surface area is 157 Å². The third-order valence-electron chi connectivity index (χ3n) is 4.39. The molecule has 0 aliphatic carbocycles. The van der Waals surface area contributed by atoms with Gasteiger partial charge in [-0.1, -0.05) is 12.1 Å². The molecule has 0 spiro atoms. The van der Waals surface area contributed by atoms with E-state index in [0.717, 1.165) is 11.3 Å². The molecule has 0 aliphatic rings. The number of ether oxygens (including phenoxy) is 1. The molecule has 3 rings (SSSR count). The molecule has 0 fully saturated rings. The van der Waals surface area contributed by atoms with Crippen molar-refractivity contribution in [1.29, 1.82) is 0 Å². The Balaban J connectivity index is 1.63. The summed E-state index contributed by atoms with van der Waals surface area (Å²) in [7, 11) is 0. The minimum Gasteiger partial charge on any atom is -0.464 e. The molecule has 27 heavy (non-hydrogen) atoms. The van der Waals surface area contributed by atoms with E-state index in [9.17, 15) is 15.3 Å². The summed E-state index contributed by atoms with van der Waals surface area (Å²) in [6.45, 7) is -0.814. The fourth-order valence-corrected chi connectivity index (χ4v) is 2.71. The monoisotopic (exact) mass is 369 g/mol. The van der Waals surface area contributed by atoms with Gasteiger partial charge in [0.1, 0.15) is 17.3 Å². The Bertz CT molecular complexity index is 824. The van der Waals surface area contributed by atoms with E-state index in [-0.39, 0.29) is 6.42 Å². The van der Waals surface area contributed by atoms with Gasteiger partial charge in [0.05, 0.1) is 31.1 Å². The topological polar surface area (TPSA) is 109 Å². The number of furan rings is 1. The van der Waals surface area contributed by atoms with Crippen molar-refractivity contribution in [3.63, 3.8) is 0 Å². The highest BCUT2D eigenvalue weighted by atomic mass is 16.5. The number of benzene rings is 2. The lowest BCUT2D eigenvalue weighted by Gasteiger charge is -2.27. The van der Waals surface area contributed by atoms with Gasteiger partial charge >= 0.3 is 0 Å². The Kier molecular flexibility index (Phi) is 5.93. The second kappa shape index (κ2) is 8.37. The molecule has 0 saturated carbocycles. The van der Waals surface area contributed by atoms with Gasteiger partial charge in [0, 0.05) is 5.56 Å². The van der Waals surface area contributed by atoms with Crippen LogP contribution in [0.3, 0.4) is 0 Å². The SMILES string of the molecule is NC(CO)(CO)CC(O)c1ccc(Oc2ccc(-c3ccco3)cc2)cc1. The van der Waals surface area contributed by atoms with Crippen molar-refractivity contribution in [3.05, 3.63) is 72.5 Å². The van der Waals surface area contributed by atoms with Gasteiger partial charge in [0.15, 0.2) is 0 Å². The molecule has 1 atom stereocenters. The molecule has 6 nitrogen and oxygen atoms in total. The summed E-state index contributed by atoms with van der Waals surface area (Å²) in [6.07, 6.45) is 0.788. The number of hydrogen-bond donors (Lipinski definition) is 4. The normalized spacial score (nSPS) is 12.7. The van der Waals surface area contributed by atoms with Gasteiger partial charge in [-0.05, 0) is 60.5 Å². The quantitative estimate of drug-likeness (QED) is 0.486. The predicted molar refractivity (Wildman–Crippen MR) is 101 cm³/mol. The summed E-state index contributed by atoms with van der Waals surface area (Å²) in [4.78, 5) is 0. The average molecular weight is 369 g/mol. The maximum absolute atomic E-state index is 10.3. The lowest BCUT2D eigenvalue weighted by Crippen LogP contribution is -2.48. The molecule has 0 radical (unpaired) electrons. The zero-order valence-corrected chi connectivity index (χ0v) is 14.8. The van der Waals surface area contributed by atoms with Gasteiger partial charge in [-0.3, -0.25) is 0 Å². The third kappa shape index (κ3) is 4.75. The highest BCUT2D eigenvalue weighted by Crippen LogP contribution is 2.28. The van der Waals surface area contributed by atoms with E-state index in [1.165, 1.54) is 0 Å². The molecule has 1 aromatic heterocycles. The largest absolute Gasteiger partial charge is 0.464 e. The Morgan fingerprint density at radius 1 is 0.926 bits per heavy atom. The lowest BCUT2D eigenvalue weighted by molar-refractivity contribution is 0.0618. The van der Waals surface area contributed by atoms with Gasteiger partial charge < -0.3 is 30.2 Å². The smallest absolute Gasteiger partial charge is 0.133 e. The molecule has 0 aliphatic heterocycles. The number of rotatable bonds is 8. The molecule has 0 amide bonds. The zero-order valence-electron chi connectivity index (χ0n) is 14.8. The second-order valence-corrected chi connectivity index (χ2v) is 6.57. The van der Waals surface area contributed by atoms with Crippen molar-refractivity contribution in [2.45, 2.75) is 18.1 Å². The van der Waals surface area contributed by atoms with E-state index in [2.05, 4.69) is 0 Å². The van der Waals surface area contributed by atoms with Crippen molar-refractivity contribution in [3.8, 4) is 22.8 Å². The maximum atomic E-state index is 10.3. The number of aliphatic hydroxyl groups is 3. The summed E-state index contributed by atoms with van der Waals surface area (Å²) in [6, 6.07) is 18.2. The van der Waals surface area contributed by atoms with Gasteiger partial charge in [0.2, 0.25) is 0 Å². The third-order valence-corrected chi connectivity index (χ3v) is 4.39. The van der Waals surface area contributed by atoms with Crippen LogP contribution in [0.1, 0.15) is 18.1 Å². The van der Waals surface area contributed by atoms with Crippen molar-refractivity contribution >= 4 is 0 Å². The molecule has 2 aromatic carbocycles. The van der Waals surface area contributed by atoms with Crippen molar-refractivity contribution in [2.24, 2.45) is 5.73 Å². The minimum absolute atomic E-state index is 0.0500. The Morgan fingerprint density at radius 2 is 1.52 bits per heavy atom. The molecule has 0 saturated heterocycles. The summed E-state index contributed by atoms with van der Waals surface area (Å²) in [5.74, 6) is 2.10. The van der Waals surface area contributed by atoms with Crippen LogP contribution >= 0.6 is 0 Å². The molecule has 5 N–H and O–H groups in total. The van der Waals surface area contributed by atoms with Crippen LogP contribution in [0.4, 0.5) is 0 Å². The fraction of sp³-hybridized carbons (Fsp3) is 0.238. The molecule has 142 valence electrons. The molecular formula is C21H23NO5. The fourth-order valence-electron chi connectivity index (χ4n) is 2.71. The first-order valence-electron chi connectivity index (χ1n) is 8.63. The number of hydrogen-bond acceptors (Lipinski definition) is 6. The van der Waals surface area contributed by atoms with Crippen LogP contribution in [0.2, 0.25) is 0 Å². The Hall–Kier alpha value is -2.64. The van der Waals surface area contributed by atoms with E-state index < -0.39 is 24.9 Å². The Morgan fingerprint density at radius 3 is 2.04 bits per heavy atom. The zero-order chi connectivity index (χ0) is 19.3. The van der Waals surface area contributed by atoms with Gasteiger partial charge in [0.25, 0.3) is 0 Å². The van der Waals surface area contributed by atoms with E-state index in [4.69, 9.17) is 14.9 Å². The van der Waals surface area contributed by atoms with Gasteiger partial charge in [-0.2, -0.15) is 0 Å². The highest BCUT2D eigenvalue weighted by Gasteiger charge is 2.27. The van der Waals surface area contributed by atoms with Crippen molar-refractivity contribution in [1.82, 2.24) is 0 Å². The van der Waals surface area contributed by atoms with Gasteiger partial charge in [-0.25, -0.2) is 0 Å². The lowest BCUT2D eigenvalue weighted by atomic mass is 9.92. The van der Waals surface area contributed by atoms with E-state index in [0.29, 0.717) is 17.1 Å². The maximum Gasteiger partial charge on any atom is 0.133 e. The van der Waals surface area contributed by atoms with Crippen LogP contribution in [0.15, 0.2) is 71.3 Å². The van der Waals surface area contributed by atoms with Crippen LogP contribution in [0, 0.1) is 0 Å². The molecule has 1 unspecified atom stereocenters. The standard InChI is InChI=1S/C21H23NO5/c22-21(13-23,14-24)12-19(25)15-3-7-17(8-4-15)27-18-9-5-16(6-10-18)20-2-1-11-26-20/h1-11,19,23-25H,12-14,22H2. The van der Waals surface area contributed by atoms with Crippen LogP contribution in [-0.2, 0) is 0 Å². The molecule has 1 heterocycles. The summed E-state index contributed by atoms with van der Waals surface area (Å²) in [5, 5.41) is 28.8. The summed E-state index contributed by atoms with van der Waals surface area (Å²) in [5.41, 5.74) is 6.20. The van der Waals surface area contributed by atoms with E-state index >= 15 is 0 Å². The molecule has 0 bridgehead atoms. The average Bonchev–Trinajstić information content (AvgIpc) is 3.24. The summed E-state index contributed by atoms with van der Waals surface area (Å²) < 4.78 is 11.2. The highest BCUT2D eigenvalue weighted by molar-refractivity contribution is 5.58. The molecular weight excluding hydrogens is 346 g/mol. The first-order valence-corrected chi connectivity index (χ1v) is 8.63. The van der Waals surface area contributed by atoms with Crippen LogP contribution in [0.5, 0.6) is 11.5 Å². The van der Waals surface area contributed by atoms with Crippen molar-refractivity contribution in [2.75, 3.05) is 13.2 Å². The minimum atomic E-state index is -1.22. The van der Waals surface area contributed by atoms with E-state index in [1.54, 1.807) is 30.5 Å². The first-order chi connectivity index (χ1) is 13.0. The van der Waals surface area contributed by atoms with Gasteiger partial charge in [-0.15, -0.1) is 0 Å². The number of aliphatic hydroxyl groups excluding tert-OH is 3. The van der Waals surface area contributed by atoms with E-state index in [1.807, 2.05) is 36.4 Å². The van der Waals surface area contributed by atoms with Crippen LogP contribution in [-0.4, -0.2) is 34.1 Å². The predicted octanol–water partition coefficient (Wildman–Crippen LogP) is 2.84.